The number of hydrogen-bond acceptors (Lipinski definition) is 3. The van der Waals surface area contributed by atoms with Gasteiger partial charge in [-0.05, 0) is 37.5 Å². The molecule has 0 aromatic carbocycles. The van der Waals surface area contributed by atoms with Crippen LogP contribution in [-0.4, -0.2) is 20.7 Å². The van der Waals surface area contributed by atoms with Gasteiger partial charge < -0.3 is 5.32 Å². The number of hydrogen-bond donors (Lipinski definition) is 1. The Balaban J connectivity index is 2.17. The highest BCUT2D eigenvalue weighted by Crippen LogP contribution is 2.18. The zero-order chi connectivity index (χ0) is 14.7. The first kappa shape index (κ1) is 14.2. The number of carbonyl (C=O) groups is 1. The average Bonchev–Trinajstić information content (AvgIpc) is 2.79. The molecule has 20 heavy (non-hydrogen) atoms. The molecule has 1 unspecified atom stereocenters. The number of aromatic nitrogens is 3. The van der Waals surface area contributed by atoms with Gasteiger partial charge in [-0.1, -0.05) is 6.92 Å². The van der Waals surface area contributed by atoms with E-state index in [-0.39, 0.29) is 11.9 Å². The fourth-order valence-electron chi connectivity index (χ4n) is 2.23. The quantitative estimate of drug-likeness (QED) is 0.928. The molecule has 0 bridgehead atoms. The summed E-state index contributed by atoms with van der Waals surface area (Å²) in [7, 11) is 1.83. The van der Waals surface area contributed by atoms with Crippen LogP contribution in [0.5, 0.6) is 0 Å². The van der Waals surface area contributed by atoms with Gasteiger partial charge in [0, 0.05) is 25.1 Å². The van der Waals surface area contributed by atoms with Gasteiger partial charge in [0.2, 0.25) is 0 Å². The van der Waals surface area contributed by atoms with Gasteiger partial charge >= 0.3 is 0 Å². The lowest BCUT2D eigenvalue weighted by molar-refractivity contribution is 0.0939. The van der Waals surface area contributed by atoms with Crippen LogP contribution in [0.15, 0.2) is 24.7 Å². The van der Waals surface area contributed by atoms with Crippen molar-refractivity contribution in [2.75, 3.05) is 0 Å². The predicted octanol–water partition coefficient (Wildman–Crippen LogP) is 2.18. The molecule has 1 amide bonds. The number of nitrogens with zero attached hydrogens (tertiary/aromatic N) is 3. The first-order valence-corrected chi connectivity index (χ1v) is 6.76. The highest BCUT2D eigenvalue weighted by Gasteiger charge is 2.17. The average molecular weight is 272 g/mol. The zero-order valence-electron chi connectivity index (χ0n) is 12.3. The number of amides is 1. The van der Waals surface area contributed by atoms with E-state index in [0.29, 0.717) is 5.56 Å². The second-order valence-electron chi connectivity index (χ2n) is 4.89. The van der Waals surface area contributed by atoms with Gasteiger partial charge in [0.05, 0.1) is 17.8 Å². The van der Waals surface area contributed by atoms with Crippen molar-refractivity contribution in [3.63, 3.8) is 0 Å². The van der Waals surface area contributed by atoms with E-state index in [1.54, 1.807) is 17.1 Å². The highest BCUT2D eigenvalue weighted by molar-refractivity contribution is 5.95. The highest BCUT2D eigenvalue weighted by atomic mass is 16.1. The fraction of sp³-hybridized carbons (Fsp3) is 0.400. The summed E-state index contributed by atoms with van der Waals surface area (Å²) in [4.78, 5) is 16.4. The summed E-state index contributed by atoms with van der Waals surface area (Å²) in [6.07, 6.45) is 6.11. The molecule has 0 saturated heterocycles. The normalized spacial score (nSPS) is 12.2. The summed E-state index contributed by atoms with van der Waals surface area (Å²) in [5.41, 5.74) is 3.74. The van der Waals surface area contributed by atoms with E-state index in [1.807, 2.05) is 33.2 Å². The Morgan fingerprint density at radius 1 is 1.45 bits per heavy atom. The minimum absolute atomic E-state index is 0.0555. The van der Waals surface area contributed by atoms with Gasteiger partial charge in [0.25, 0.3) is 5.91 Å². The van der Waals surface area contributed by atoms with Gasteiger partial charge in [-0.3, -0.25) is 14.5 Å². The number of aryl methyl sites for hydroxylation is 2. The largest absolute Gasteiger partial charge is 0.345 e. The van der Waals surface area contributed by atoms with Crippen LogP contribution in [-0.2, 0) is 13.5 Å². The van der Waals surface area contributed by atoms with Gasteiger partial charge in [-0.25, -0.2) is 0 Å². The first-order valence-electron chi connectivity index (χ1n) is 6.76. The van der Waals surface area contributed by atoms with Crippen LogP contribution in [0.1, 0.15) is 47.1 Å². The van der Waals surface area contributed by atoms with Crippen molar-refractivity contribution in [2.45, 2.75) is 33.2 Å². The number of rotatable bonds is 4. The summed E-state index contributed by atoms with van der Waals surface area (Å²) >= 11 is 0. The minimum Gasteiger partial charge on any atom is -0.345 e. The number of carbonyl (C=O) groups excluding carboxylic acids is 1. The molecule has 0 aliphatic heterocycles. The van der Waals surface area contributed by atoms with Crippen molar-refractivity contribution >= 4 is 5.91 Å². The van der Waals surface area contributed by atoms with Crippen LogP contribution in [0.25, 0.3) is 0 Å². The van der Waals surface area contributed by atoms with Crippen LogP contribution in [0.4, 0.5) is 0 Å². The van der Waals surface area contributed by atoms with Gasteiger partial charge in [-0.15, -0.1) is 0 Å². The Hall–Kier alpha value is -2.17. The lowest BCUT2D eigenvalue weighted by atomic mass is 10.0. The summed E-state index contributed by atoms with van der Waals surface area (Å²) in [5.74, 6) is -0.0954. The molecule has 2 heterocycles. The van der Waals surface area contributed by atoms with Crippen molar-refractivity contribution in [1.29, 1.82) is 0 Å². The molecule has 5 nitrogen and oxygen atoms in total. The monoisotopic (exact) mass is 272 g/mol. The summed E-state index contributed by atoms with van der Waals surface area (Å²) in [6.45, 7) is 5.95. The maximum atomic E-state index is 12.3. The van der Waals surface area contributed by atoms with Crippen LogP contribution in [0, 0.1) is 6.92 Å². The first-order chi connectivity index (χ1) is 9.54. The molecule has 0 fully saturated rings. The smallest absolute Gasteiger partial charge is 0.255 e. The SMILES string of the molecule is CCc1cnccc1C(C)NC(=O)c1cnn(C)c1C. The Labute approximate surface area is 119 Å². The Morgan fingerprint density at radius 3 is 2.80 bits per heavy atom. The molecule has 0 aliphatic rings. The zero-order valence-corrected chi connectivity index (χ0v) is 12.3. The second kappa shape index (κ2) is 5.86. The molecule has 0 radical (unpaired) electrons. The standard InChI is InChI=1S/C15H20N4O/c1-5-12-8-16-7-6-13(12)10(2)18-15(20)14-9-17-19(4)11(14)3/h6-10H,5H2,1-4H3,(H,18,20). The van der Waals surface area contributed by atoms with E-state index in [2.05, 4.69) is 22.3 Å². The van der Waals surface area contributed by atoms with Crippen LogP contribution in [0.3, 0.4) is 0 Å². The molecule has 0 saturated carbocycles. The maximum Gasteiger partial charge on any atom is 0.255 e. The van der Waals surface area contributed by atoms with E-state index in [4.69, 9.17) is 0 Å². The van der Waals surface area contributed by atoms with Gasteiger partial charge in [0.15, 0.2) is 0 Å². The van der Waals surface area contributed by atoms with E-state index in [0.717, 1.165) is 23.2 Å². The molecule has 1 atom stereocenters. The van der Waals surface area contributed by atoms with Crippen molar-refractivity contribution in [3.8, 4) is 0 Å². The van der Waals surface area contributed by atoms with Crippen molar-refractivity contribution in [1.82, 2.24) is 20.1 Å². The molecular formula is C15H20N4O. The van der Waals surface area contributed by atoms with Crippen LogP contribution < -0.4 is 5.32 Å². The van der Waals surface area contributed by atoms with Crippen molar-refractivity contribution in [3.05, 3.63) is 47.0 Å². The van der Waals surface area contributed by atoms with E-state index in [9.17, 15) is 4.79 Å². The molecule has 5 heteroatoms. The van der Waals surface area contributed by atoms with Gasteiger partial charge in [0.1, 0.15) is 0 Å². The summed E-state index contributed by atoms with van der Waals surface area (Å²) in [6, 6.07) is 1.90. The Kier molecular flexibility index (Phi) is 4.17. The van der Waals surface area contributed by atoms with E-state index in [1.165, 1.54) is 0 Å². The summed E-state index contributed by atoms with van der Waals surface area (Å²) in [5, 5.41) is 7.12. The molecule has 0 aliphatic carbocycles. The topological polar surface area (TPSA) is 59.8 Å². The Morgan fingerprint density at radius 2 is 2.20 bits per heavy atom. The van der Waals surface area contributed by atoms with E-state index < -0.39 is 0 Å². The van der Waals surface area contributed by atoms with Crippen LogP contribution >= 0.6 is 0 Å². The molecule has 2 aromatic heterocycles. The van der Waals surface area contributed by atoms with Crippen LogP contribution in [0.2, 0.25) is 0 Å². The number of nitrogens with one attached hydrogen (secondary N) is 1. The third-order valence-corrected chi connectivity index (χ3v) is 3.62. The lowest BCUT2D eigenvalue weighted by Gasteiger charge is -2.17. The molecule has 1 N–H and O–H groups in total. The molecule has 2 aromatic rings. The molecule has 106 valence electrons. The van der Waals surface area contributed by atoms with Crippen molar-refractivity contribution < 1.29 is 4.79 Å². The lowest BCUT2D eigenvalue weighted by Crippen LogP contribution is -2.27. The third-order valence-electron chi connectivity index (χ3n) is 3.62. The van der Waals surface area contributed by atoms with Crippen molar-refractivity contribution in [2.24, 2.45) is 7.05 Å². The number of pyridine rings is 1. The van der Waals surface area contributed by atoms with Gasteiger partial charge in [-0.2, -0.15) is 5.10 Å². The fourth-order valence-corrected chi connectivity index (χ4v) is 2.23. The maximum absolute atomic E-state index is 12.3. The molecule has 2 rings (SSSR count). The molecular weight excluding hydrogens is 252 g/mol. The predicted molar refractivity (Wildman–Crippen MR) is 77.4 cm³/mol. The third kappa shape index (κ3) is 2.71. The molecule has 0 spiro atoms. The second-order valence-corrected chi connectivity index (χ2v) is 4.89. The Bertz CT molecular complexity index is 618. The van der Waals surface area contributed by atoms with E-state index >= 15 is 0 Å². The minimum atomic E-state index is -0.0954. The summed E-state index contributed by atoms with van der Waals surface area (Å²) < 4.78 is 1.70.